The highest BCUT2D eigenvalue weighted by molar-refractivity contribution is 5.52. The summed E-state index contributed by atoms with van der Waals surface area (Å²) in [4.78, 5) is 12.8. The fraction of sp³-hybridized carbons (Fsp3) is 0.667. The van der Waals surface area contributed by atoms with E-state index in [-0.39, 0.29) is 11.8 Å². The van der Waals surface area contributed by atoms with E-state index in [1.165, 1.54) is 11.0 Å². The van der Waals surface area contributed by atoms with Crippen molar-refractivity contribution < 1.29 is 18.0 Å². The molecule has 0 heterocycles. The first kappa shape index (κ1) is 16.1. The molecule has 2 aliphatic carbocycles. The molecule has 0 saturated heterocycles. The molecule has 0 radical (unpaired) electrons. The minimum atomic E-state index is -4.26. The van der Waals surface area contributed by atoms with Gasteiger partial charge >= 0.3 is 6.18 Å². The van der Waals surface area contributed by atoms with Crippen molar-refractivity contribution in [2.45, 2.75) is 32.4 Å². The number of carbonyl (C=O) groups excluding carboxylic acids is 1. The van der Waals surface area contributed by atoms with Crippen LogP contribution in [0.4, 0.5) is 13.2 Å². The maximum atomic E-state index is 12.8. The summed E-state index contributed by atoms with van der Waals surface area (Å²) in [5, 5.41) is 3.26. The van der Waals surface area contributed by atoms with Crippen LogP contribution in [0.15, 0.2) is 23.9 Å². The molecule has 0 aromatic carbocycles. The van der Waals surface area contributed by atoms with Crippen LogP contribution in [0, 0.1) is 11.3 Å². The van der Waals surface area contributed by atoms with Gasteiger partial charge in [-0.2, -0.15) is 13.2 Å². The number of halogens is 3. The summed E-state index contributed by atoms with van der Waals surface area (Å²) in [6.07, 6.45) is 2.42. The summed E-state index contributed by atoms with van der Waals surface area (Å²) in [5.74, 6) is -1.50. The maximum absolute atomic E-state index is 12.8. The molecule has 1 N–H and O–H groups in total. The molecule has 21 heavy (non-hydrogen) atoms. The number of hydrogen-bond donors (Lipinski definition) is 1. The molecule has 0 spiro atoms. The van der Waals surface area contributed by atoms with Crippen molar-refractivity contribution in [3.63, 3.8) is 0 Å². The largest absolute Gasteiger partial charge is 0.395 e. The van der Waals surface area contributed by atoms with Gasteiger partial charge in [-0.3, -0.25) is 4.79 Å². The molecule has 0 aromatic heterocycles. The molecular formula is C15H21F3N2O. The molecule has 6 heteroatoms. The van der Waals surface area contributed by atoms with Crippen LogP contribution in [0.25, 0.3) is 0 Å². The Hall–Kier alpha value is -1.30. The van der Waals surface area contributed by atoms with Crippen molar-refractivity contribution in [3.8, 4) is 0 Å². The minimum absolute atomic E-state index is 0.0344. The second-order valence-corrected chi connectivity index (χ2v) is 5.91. The molecular weight excluding hydrogens is 281 g/mol. The predicted molar refractivity (Wildman–Crippen MR) is 74.4 cm³/mol. The zero-order chi connectivity index (χ0) is 15.5. The number of carbonyl (C=O) groups is 1. The molecule has 1 fully saturated rings. The highest BCUT2D eigenvalue weighted by atomic mass is 19.4. The Morgan fingerprint density at radius 2 is 2.19 bits per heavy atom. The van der Waals surface area contributed by atoms with E-state index in [2.05, 4.69) is 5.32 Å². The number of allylic oxidation sites excluding steroid dienone is 4. The standard InChI is InChI=1S/C15H21F3N2O/c1-2-19-9-14(6-7-14)10-20(11-21)13-5-3-4-12(8-13)15(16,17)18/h3-5,11-12,19H,2,6-10H2,1H3. The van der Waals surface area contributed by atoms with Gasteiger partial charge in [-0.25, -0.2) is 0 Å². The topological polar surface area (TPSA) is 32.3 Å². The first-order valence-corrected chi connectivity index (χ1v) is 7.27. The van der Waals surface area contributed by atoms with Gasteiger partial charge in [0.2, 0.25) is 6.41 Å². The van der Waals surface area contributed by atoms with E-state index < -0.39 is 12.1 Å². The molecule has 0 aliphatic heterocycles. The van der Waals surface area contributed by atoms with E-state index in [9.17, 15) is 18.0 Å². The second kappa shape index (κ2) is 6.22. The maximum Gasteiger partial charge on any atom is 0.395 e. The number of rotatable bonds is 7. The molecule has 0 aromatic rings. The van der Waals surface area contributed by atoms with Gasteiger partial charge in [0.15, 0.2) is 0 Å². The van der Waals surface area contributed by atoms with Gasteiger partial charge in [-0.15, -0.1) is 0 Å². The summed E-state index contributed by atoms with van der Waals surface area (Å²) >= 11 is 0. The Balaban J connectivity index is 2.00. The van der Waals surface area contributed by atoms with Crippen LogP contribution in [0.5, 0.6) is 0 Å². The highest BCUT2D eigenvalue weighted by Crippen LogP contribution is 2.46. The fourth-order valence-corrected chi connectivity index (χ4v) is 2.63. The Labute approximate surface area is 122 Å². The van der Waals surface area contributed by atoms with Crippen molar-refractivity contribution in [3.05, 3.63) is 23.9 Å². The lowest BCUT2D eigenvalue weighted by Crippen LogP contribution is -2.36. The molecule has 2 rings (SSSR count). The van der Waals surface area contributed by atoms with Crippen molar-refractivity contribution in [1.29, 1.82) is 0 Å². The first-order valence-electron chi connectivity index (χ1n) is 7.27. The Kier molecular flexibility index (Phi) is 4.76. The summed E-state index contributed by atoms with van der Waals surface area (Å²) in [6, 6.07) is 0. The average Bonchev–Trinajstić information content (AvgIpc) is 3.22. The summed E-state index contributed by atoms with van der Waals surface area (Å²) in [7, 11) is 0. The predicted octanol–water partition coefficient (Wildman–Crippen LogP) is 2.86. The lowest BCUT2D eigenvalue weighted by atomic mass is 9.96. The Morgan fingerprint density at radius 1 is 1.48 bits per heavy atom. The molecule has 1 saturated carbocycles. The quantitative estimate of drug-likeness (QED) is 0.733. The van der Waals surface area contributed by atoms with Crippen molar-refractivity contribution >= 4 is 6.41 Å². The van der Waals surface area contributed by atoms with Crippen molar-refractivity contribution in [2.75, 3.05) is 19.6 Å². The van der Waals surface area contributed by atoms with Gasteiger partial charge in [-0.1, -0.05) is 19.1 Å². The van der Waals surface area contributed by atoms with Gasteiger partial charge in [0.1, 0.15) is 0 Å². The van der Waals surface area contributed by atoms with Gasteiger partial charge < -0.3 is 10.2 Å². The second-order valence-electron chi connectivity index (χ2n) is 5.91. The zero-order valence-electron chi connectivity index (χ0n) is 12.1. The van der Waals surface area contributed by atoms with Gasteiger partial charge in [0, 0.05) is 30.6 Å². The van der Waals surface area contributed by atoms with Crippen LogP contribution in [0.3, 0.4) is 0 Å². The number of amides is 1. The van der Waals surface area contributed by atoms with E-state index in [0.717, 1.165) is 32.0 Å². The van der Waals surface area contributed by atoms with Gasteiger partial charge in [-0.05, 0) is 25.5 Å². The first-order chi connectivity index (χ1) is 9.90. The molecule has 2 aliphatic rings. The van der Waals surface area contributed by atoms with Crippen LogP contribution >= 0.6 is 0 Å². The van der Waals surface area contributed by atoms with Crippen LogP contribution < -0.4 is 5.32 Å². The highest BCUT2D eigenvalue weighted by Gasteiger charge is 2.45. The number of nitrogens with zero attached hydrogens (tertiary/aromatic N) is 1. The molecule has 3 nitrogen and oxygen atoms in total. The zero-order valence-corrected chi connectivity index (χ0v) is 12.1. The fourth-order valence-electron chi connectivity index (χ4n) is 2.63. The lowest BCUT2D eigenvalue weighted by molar-refractivity contribution is -0.162. The van der Waals surface area contributed by atoms with Crippen molar-refractivity contribution in [1.82, 2.24) is 10.2 Å². The SMILES string of the molecule is CCNCC1(CN(C=O)C2=CC=CC(C(F)(F)F)C2)CC1. The molecule has 118 valence electrons. The average molecular weight is 302 g/mol. The van der Waals surface area contributed by atoms with Crippen molar-refractivity contribution in [2.24, 2.45) is 11.3 Å². The van der Waals surface area contributed by atoms with E-state index in [1.807, 2.05) is 6.92 Å². The summed E-state index contributed by atoms with van der Waals surface area (Å²) < 4.78 is 38.4. The van der Waals surface area contributed by atoms with E-state index >= 15 is 0 Å². The molecule has 0 bridgehead atoms. The lowest BCUT2D eigenvalue weighted by Gasteiger charge is -2.30. The van der Waals surface area contributed by atoms with E-state index in [4.69, 9.17) is 0 Å². The van der Waals surface area contributed by atoms with Gasteiger partial charge in [0.25, 0.3) is 0 Å². The molecule has 1 amide bonds. The van der Waals surface area contributed by atoms with Crippen LogP contribution in [-0.2, 0) is 4.79 Å². The Bertz CT molecular complexity index is 439. The summed E-state index contributed by atoms with van der Waals surface area (Å²) in [5.41, 5.74) is 0.490. The van der Waals surface area contributed by atoms with Crippen LogP contribution in [0.2, 0.25) is 0 Å². The minimum Gasteiger partial charge on any atom is -0.318 e. The smallest absolute Gasteiger partial charge is 0.318 e. The monoisotopic (exact) mass is 302 g/mol. The molecule has 1 atom stereocenters. The number of nitrogens with one attached hydrogen (secondary N) is 1. The Morgan fingerprint density at radius 3 is 2.71 bits per heavy atom. The summed E-state index contributed by atoms with van der Waals surface area (Å²) in [6.45, 7) is 4.16. The molecule has 1 unspecified atom stereocenters. The van der Waals surface area contributed by atoms with Crippen LogP contribution in [-0.4, -0.2) is 37.1 Å². The number of hydrogen-bond acceptors (Lipinski definition) is 2. The third kappa shape index (κ3) is 4.09. The van der Waals surface area contributed by atoms with Crippen LogP contribution in [0.1, 0.15) is 26.2 Å². The number of alkyl halides is 3. The van der Waals surface area contributed by atoms with E-state index in [0.29, 0.717) is 18.7 Å². The van der Waals surface area contributed by atoms with E-state index in [1.54, 1.807) is 6.08 Å². The third-order valence-corrected chi connectivity index (χ3v) is 4.19. The normalized spacial score (nSPS) is 23.6. The third-order valence-electron chi connectivity index (χ3n) is 4.19. The van der Waals surface area contributed by atoms with Gasteiger partial charge in [0.05, 0.1) is 5.92 Å².